The van der Waals surface area contributed by atoms with Gasteiger partial charge >= 0.3 is 5.97 Å². The van der Waals surface area contributed by atoms with Gasteiger partial charge in [-0.2, -0.15) is 0 Å². The van der Waals surface area contributed by atoms with Crippen molar-refractivity contribution in [2.75, 3.05) is 19.8 Å². The summed E-state index contributed by atoms with van der Waals surface area (Å²) in [6.45, 7) is 3.70. The Bertz CT molecular complexity index is 500. The van der Waals surface area contributed by atoms with E-state index in [0.717, 1.165) is 6.42 Å². The van der Waals surface area contributed by atoms with Gasteiger partial charge in [-0.05, 0) is 18.1 Å². The van der Waals surface area contributed by atoms with Crippen molar-refractivity contribution in [2.45, 2.75) is 25.8 Å². The molecule has 2 rings (SSSR count). The lowest BCUT2D eigenvalue weighted by Gasteiger charge is -2.35. The number of carbonyl (C=O) groups excluding carboxylic acids is 1. The Morgan fingerprint density at radius 1 is 1.40 bits per heavy atom. The van der Waals surface area contributed by atoms with Crippen LogP contribution in [0.5, 0.6) is 0 Å². The zero-order valence-electron chi connectivity index (χ0n) is 11.5. The number of aromatic carboxylic acids is 1. The highest BCUT2D eigenvalue weighted by Crippen LogP contribution is 2.15. The lowest BCUT2D eigenvalue weighted by atomic mass is 10.0. The van der Waals surface area contributed by atoms with E-state index < -0.39 is 5.97 Å². The van der Waals surface area contributed by atoms with Gasteiger partial charge in [-0.15, -0.1) is 0 Å². The molecule has 0 spiro atoms. The molecule has 5 heteroatoms. The first-order valence-electron chi connectivity index (χ1n) is 6.82. The molecule has 1 heterocycles. The van der Waals surface area contributed by atoms with Crippen LogP contribution in [0.15, 0.2) is 24.3 Å². The summed E-state index contributed by atoms with van der Waals surface area (Å²) < 4.78 is 5.38. The number of amides is 1. The van der Waals surface area contributed by atoms with Crippen LogP contribution < -0.4 is 0 Å². The molecule has 108 valence electrons. The molecule has 0 bridgehead atoms. The summed E-state index contributed by atoms with van der Waals surface area (Å²) >= 11 is 0. The van der Waals surface area contributed by atoms with Crippen molar-refractivity contribution in [3.8, 4) is 0 Å². The van der Waals surface area contributed by atoms with E-state index in [-0.39, 0.29) is 23.9 Å². The fraction of sp³-hybridized carbons (Fsp3) is 0.467. The first-order valence-corrected chi connectivity index (χ1v) is 6.82. The van der Waals surface area contributed by atoms with Crippen molar-refractivity contribution in [3.63, 3.8) is 0 Å². The number of hydrogen-bond donors (Lipinski definition) is 1. The second-order valence-corrected chi connectivity index (χ2v) is 4.86. The van der Waals surface area contributed by atoms with Gasteiger partial charge in [0.2, 0.25) is 5.91 Å². The summed E-state index contributed by atoms with van der Waals surface area (Å²) in [5.74, 6) is -1.03. The smallest absolute Gasteiger partial charge is 0.335 e. The molecule has 0 aromatic heterocycles. The molecule has 1 N–H and O–H groups in total. The van der Waals surface area contributed by atoms with Gasteiger partial charge in [-0.3, -0.25) is 4.79 Å². The molecule has 0 saturated carbocycles. The molecule has 20 heavy (non-hydrogen) atoms. The van der Waals surface area contributed by atoms with Crippen LogP contribution in [0.3, 0.4) is 0 Å². The third-order valence-corrected chi connectivity index (χ3v) is 3.61. The number of nitrogens with zero attached hydrogens (tertiary/aromatic N) is 1. The van der Waals surface area contributed by atoms with Gasteiger partial charge in [-0.25, -0.2) is 4.79 Å². The van der Waals surface area contributed by atoms with Crippen LogP contribution in [0.4, 0.5) is 0 Å². The molecule has 1 aromatic rings. The first kappa shape index (κ1) is 14.5. The number of carbonyl (C=O) groups is 2. The van der Waals surface area contributed by atoms with E-state index in [1.54, 1.807) is 18.2 Å². The largest absolute Gasteiger partial charge is 0.478 e. The van der Waals surface area contributed by atoms with Gasteiger partial charge < -0.3 is 14.7 Å². The fourth-order valence-corrected chi connectivity index (χ4v) is 2.47. The summed E-state index contributed by atoms with van der Waals surface area (Å²) in [7, 11) is 0. The second kappa shape index (κ2) is 6.52. The monoisotopic (exact) mass is 277 g/mol. The molecule has 1 fully saturated rings. The van der Waals surface area contributed by atoms with Crippen LogP contribution in [-0.2, 0) is 16.0 Å². The molecule has 1 aliphatic rings. The van der Waals surface area contributed by atoms with E-state index in [0.29, 0.717) is 25.3 Å². The van der Waals surface area contributed by atoms with E-state index in [1.165, 1.54) is 6.07 Å². The predicted molar refractivity (Wildman–Crippen MR) is 73.7 cm³/mol. The van der Waals surface area contributed by atoms with E-state index in [2.05, 4.69) is 0 Å². The second-order valence-electron chi connectivity index (χ2n) is 4.86. The van der Waals surface area contributed by atoms with Crippen molar-refractivity contribution in [1.29, 1.82) is 0 Å². The molecule has 1 atom stereocenters. The number of benzene rings is 1. The lowest BCUT2D eigenvalue weighted by Crippen LogP contribution is -2.49. The van der Waals surface area contributed by atoms with Gasteiger partial charge in [0, 0.05) is 6.54 Å². The van der Waals surface area contributed by atoms with Gasteiger partial charge in [0.1, 0.15) is 0 Å². The van der Waals surface area contributed by atoms with E-state index in [1.807, 2.05) is 11.8 Å². The fourth-order valence-electron chi connectivity index (χ4n) is 2.47. The van der Waals surface area contributed by atoms with Crippen LogP contribution in [0.25, 0.3) is 0 Å². The minimum atomic E-state index is -0.998. The zero-order chi connectivity index (χ0) is 14.5. The van der Waals surface area contributed by atoms with E-state index in [4.69, 9.17) is 9.84 Å². The molecule has 1 aromatic carbocycles. The number of morpholine rings is 1. The molecule has 0 aliphatic carbocycles. The maximum Gasteiger partial charge on any atom is 0.335 e. The average molecular weight is 277 g/mol. The molecule has 1 unspecified atom stereocenters. The van der Waals surface area contributed by atoms with Crippen LogP contribution in [0.2, 0.25) is 0 Å². The maximum absolute atomic E-state index is 12.4. The summed E-state index contributed by atoms with van der Waals surface area (Å²) in [6, 6.07) is 6.74. The van der Waals surface area contributed by atoms with Gasteiger partial charge in [0.05, 0.1) is 31.2 Å². The lowest BCUT2D eigenvalue weighted by molar-refractivity contribution is -0.139. The molecule has 5 nitrogen and oxygen atoms in total. The molecule has 1 saturated heterocycles. The predicted octanol–water partition coefficient (Wildman–Crippen LogP) is 1.56. The number of ether oxygens (including phenoxy) is 1. The third kappa shape index (κ3) is 3.17. The van der Waals surface area contributed by atoms with E-state index >= 15 is 0 Å². The number of carboxylic acids is 1. The Balaban J connectivity index is 2.13. The summed E-state index contributed by atoms with van der Waals surface area (Å²) in [5.41, 5.74) is 0.758. The van der Waals surface area contributed by atoms with Crippen LogP contribution >= 0.6 is 0 Å². The SMILES string of the molecule is CCC1COCCN1C(=O)Cc1ccccc1C(=O)O. The quantitative estimate of drug-likeness (QED) is 0.907. The molecule has 1 aliphatic heterocycles. The minimum absolute atomic E-state index is 0.0335. The van der Waals surface area contributed by atoms with Crippen molar-refractivity contribution in [2.24, 2.45) is 0 Å². The number of rotatable bonds is 4. The number of carboxylic acid groups (broad SMARTS) is 1. The molecular weight excluding hydrogens is 258 g/mol. The highest BCUT2D eigenvalue weighted by molar-refractivity contribution is 5.91. The Morgan fingerprint density at radius 3 is 2.85 bits per heavy atom. The van der Waals surface area contributed by atoms with Crippen LogP contribution in [0, 0.1) is 0 Å². The summed E-state index contributed by atoms with van der Waals surface area (Å²) in [6.07, 6.45) is 0.964. The topological polar surface area (TPSA) is 66.8 Å². The summed E-state index contributed by atoms with van der Waals surface area (Å²) in [4.78, 5) is 25.4. The van der Waals surface area contributed by atoms with Crippen molar-refractivity contribution in [1.82, 2.24) is 4.90 Å². The van der Waals surface area contributed by atoms with Crippen molar-refractivity contribution >= 4 is 11.9 Å². The standard InChI is InChI=1S/C15H19NO4/c1-2-12-10-20-8-7-16(12)14(17)9-11-5-3-4-6-13(11)15(18)19/h3-6,12H,2,7-10H2,1H3,(H,18,19). The van der Waals surface area contributed by atoms with Crippen molar-refractivity contribution in [3.05, 3.63) is 35.4 Å². The van der Waals surface area contributed by atoms with Crippen LogP contribution in [0.1, 0.15) is 29.3 Å². The Hall–Kier alpha value is -1.88. The summed E-state index contributed by atoms with van der Waals surface area (Å²) in [5, 5.41) is 9.14. The zero-order valence-corrected chi connectivity index (χ0v) is 11.5. The number of hydrogen-bond acceptors (Lipinski definition) is 3. The van der Waals surface area contributed by atoms with Crippen molar-refractivity contribution < 1.29 is 19.4 Å². The maximum atomic E-state index is 12.4. The minimum Gasteiger partial charge on any atom is -0.478 e. The Morgan fingerprint density at radius 2 is 2.15 bits per heavy atom. The molecular formula is C15H19NO4. The molecule has 0 radical (unpaired) electrons. The first-order chi connectivity index (χ1) is 9.63. The Kier molecular flexibility index (Phi) is 4.74. The Labute approximate surface area is 118 Å². The van der Waals surface area contributed by atoms with Gasteiger partial charge in [-0.1, -0.05) is 25.1 Å². The van der Waals surface area contributed by atoms with E-state index in [9.17, 15) is 9.59 Å². The van der Waals surface area contributed by atoms with Gasteiger partial charge in [0.15, 0.2) is 0 Å². The average Bonchev–Trinajstić information content (AvgIpc) is 2.47. The van der Waals surface area contributed by atoms with Crippen LogP contribution in [-0.4, -0.2) is 47.7 Å². The highest BCUT2D eigenvalue weighted by Gasteiger charge is 2.26. The molecule has 1 amide bonds. The highest BCUT2D eigenvalue weighted by atomic mass is 16.5. The normalized spacial score (nSPS) is 18.9. The van der Waals surface area contributed by atoms with Gasteiger partial charge in [0.25, 0.3) is 0 Å². The third-order valence-electron chi connectivity index (χ3n) is 3.61.